The van der Waals surface area contributed by atoms with Gasteiger partial charge in [0.25, 0.3) is 5.89 Å². The first-order valence-corrected chi connectivity index (χ1v) is 7.06. The molecule has 4 nitrogen and oxygen atoms in total. The minimum Gasteiger partial charge on any atom is -0.420 e. The number of aromatic nitrogens is 2. The lowest BCUT2D eigenvalue weighted by Gasteiger charge is -1.89. The number of aryl methyl sites for hydroxylation is 1. The van der Waals surface area contributed by atoms with Crippen molar-refractivity contribution in [3.63, 3.8) is 0 Å². The molecule has 0 amide bonds. The van der Waals surface area contributed by atoms with Gasteiger partial charge >= 0.3 is 0 Å². The number of hydrogen-bond donors (Lipinski definition) is 1. The summed E-state index contributed by atoms with van der Waals surface area (Å²) in [4.78, 5) is 1.04. The molecule has 0 radical (unpaired) electrons. The Morgan fingerprint density at radius 1 is 1.29 bits per heavy atom. The van der Waals surface area contributed by atoms with Gasteiger partial charge in [-0.15, -0.1) is 32.9 Å². The molecule has 0 unspecified atom stereocenters. The number of rotatable bonds is 4. The van der Waals surface area contributed by atoms with Crippen LogP contribution < -0.4 is 5.73 Å². The fourth-order valence-corrected chi connectivity index (χ4v) is 3.61. The molecule has 3 aromatic rings. The second kappa shape index (κ2) is 4.56. The van der Waals surface area contributed by atoms with Gasteiger partial charge in [-0.05, 0) is 30.5 Å². The molecule has 6 heteroatoms. The van der Waals surface area contributed by atoms with Gasteiger partial charge in [0.2, 0.25) is 5.89 Å². The number of nitrogens with zero attached hydrogens (tertiary/aromatic N) is 2. The normalized spacial score (nSPS) is 11.4. The SMILES string of the molecule is NCCCc1nnc(-c2cc3sccc3s2)o1. The summed E-state index contributed by atoms with van der Waals surface area (Å²) in [5.41, 5.74) is 5.44. The molecule has 0 bridgehead atoms. The van der Waals surface area contributed by atoms with Crippen LogP contribution in [-0.4, -0.2) is 16.7 Å². The Balaban J connectivity index is 1.88. The van der Waals surface area contributed by atoms with Crippen LogP contribution in [0.25, 0.3) is 20.2 Å². The average molecular weight is 265 g/mol. The first-order chi connectivity index (χ1) is 8.36. The topological polar surface area (TPSA) is 64.9 Å². The Labute approximate surface area is 106 Å². The van der Waals surface area contributed by atoms with Gasteiger partial charge in [0.15, 0.2) is 0 Å². The summed E-state index contributed by atoms with van der Waals surface area (Å²) in [5, 5.41) is 10.2. The van der Waals surface area contributed by atoms with Crippen molar-refractivity contribution in [3.05, 3.63) is 23.4 Å². The molecule has 3 rings (SSSR count). The maximum absolute atomic E-state index is 5.61. The number of nitrogens with two attached hydrogens (primary N) is 1. The van der Waals surface area contributed by atoms with Crippen molar-refractivity contribution in [1.29, 1.82) is 0 Å². The molecule has 0 aliphatic rings. The molecule has 0 spiro atoms. The first kappa shape index (κ1) is 10.9. The highest BCUT2D eigenvalue weighted by atomic mass is 32.1. The minimum absolute atomic E-state index is 0.616. The van der Waals surface area contributed by atoms with Crippen LogP contribution >= 0.6 is 22.7 Å². The van der Waals surface area contributed by atoms with E-state index in [9.17, 15) is 0 Å². The summed E-state index contributed by atoms with van der Waals surface area (Å²) in [6.07, 6.45) is 1.63. The van der Waals surface area contributed by atoms with Gasteiger partial charge in [-0.2, -0.15) is 0 Å². The van der Waals surface area contributed by atoms with E-state index in [0.717, 1.165) is 17.7 Å². The average Bonchev–Trinajstić information content (AvgIpc) is 3.00. The van der Waals surface area contributed by atoms with Crippen molar-refractivity contribution in [2.75, 3.05) is 6.54 Å². The Bertz CT molecular complexity index is 597. The molecule has 3 heterocycles. The lowest BCUT2D eigenvalue weighted by atomic mass is 10.3. The standard InChI is InChI=1S/C11H11N3OS2/c12-4-1-2-10-13-14-11(15-10)9-6-8-7(17-9)3-5-16-8/h3,5-6H,1-2,4,12H2. The van der Waals surface area contributed by atoms with Crippen LogP contribution in [0.5, 0.6) is 0 Å². The summed E-state index contributed by atoms with van der Waals surface area (Å²) in [5.74, 6) is 1.28. The smallest absolute Gasteiger partial charge is 0.257 e. The quantitative estimate of drug-likeness (QED) is 0.787. The van der Waals surface area contributed by atoms with Crippen LogP contribution in [0.4, 0.5) is 0 Å². The van der Waals surface area contributed by atoms with Gasteiger partial charge < -0.3 is 10.2 Å². The fraction of sp³-hybridized carbons (Fsp3) is 0.273. The predicted octanol–water partition coefficient (Wildman–Crippen LogP) is 2.90. The van der Waals surface area contributed by atoms with E-state index >= 15 is 0 Å². The Kier molecular flexibility index (Phi) is 2.92. The highest BCUT2D eigenvalue weighted by Crippen LogP contribution is 2.35. The Morgan fingerprint density at radius 2 is 2.24 bits per heavy atom. The largest absolute Gasteiger partial charge is 0.420 e. The summed E-state index contributed by atoms with van der Waals surface area (Å²) in [6.45, 7) is 0.645. The third-order valence-electron chi connectivity index (χ3n) is 2.41. The monoisotopic (exact) mass is 265 g/mol. The lowest BCUT2D eigenvalue weighted by Crippen LogP contribution is -2.00. The van der Waals surface area contributed by atoms with Crippen LogP contribution in [0.15, 0.2) is 21.9 Å². The van der Waals surface area contributed by atoms with Crippen LogP contribution in [0, 0.1) is 0 Å². The molecule has 0 aliphatic heterocycles. The number of fused-ring (bicyclic) bond motifs is 1. The summed E-state index contributed by atoms with van der Waals surface area (Å²) >= 11 is 3.41. The highest BCUT2D eigenvalue weighted by molar-refractivity contribution is 7.28. The third-order valence-corrected chi connectivity index (χ3v) is 4.49. The number of thiophene rings is 2. The van der Waals surface area contributed by atoms with E-state index in [0.29, 0.717) is 18.3 Å². The summed E-state index contributed by atoms with van der Waals surface area (Å²) < 4.78 is 8.15. The molecule has 0 aromatic carbocycles. The van der Waals surface area contributed by atoms with Crippen molar-refractivity contribution in [2.24, 2.45) is 5.73 Å². The van der Waals surface area contributed by atoms with E-state index in [1.807, 2.05) is 0 Å². The molecular weight excluding hydrogens is 254 g/mol. The molecule has 88 valence electrons. The van der Waals surface area contributed by atoms with Gasteiger partial charge in [0.05, 0.1) is 4.88 Å². The minimum atomic E-state index is 0.616. The fourth-order valence-electron chi connectivity index (χ4n) is 1.58. The van der Waals surface area contributed by atoms with E-state index in [1.165, 1.54) is 9.40 Å². The van der Waals surface area contributed by atoms with Gasteiger partial charge in [-0.1, -0.05) is 0 Å². The van der Waals surface area contributed by atoms with E-state index in [4.69, 9.17) is 10.2 Å². The van der Waals surface area contributed by atoms with Crippen LogP contribution in [0.1, 0.15) is 12.3 Å². The zero-order chi connectivity index (χ0) is 11.7. The molecule has 0 saturated heterocycles. The molecule has 3 aromatic heterocycles. The molecule has 0 fully saturated rings. The predicted molar refractivity (Wildman–Crippen MR) is 70.4 cm³/mol. The van der Waals surface area contributed by atoms with Crippen molar-refractivity contribution in [3.8, 4) is 10.8 Å². The van der Waals surface area contributed by atoms with Crippen molar-refractivity contribution in [1.82, 2.24) is 10.2 Å². The van der Waals surface area contributed by atoms with Gasteiger partial charge in [-0.3, -0.25) is 0 Å². The molecule has 2 N–H and O–H groups in total. The Morgan fingerprint density at radius 3 is 3.06 bits per heavy atom. The highest BCUT2D eigenvalue weighted by Gasteiger charge is 2.12. The summed E-state index contributed by atoms with van der Waals surface area (Å²) in [7, 11) is 0. The first-order valence-electron chi connectivity index (χ1n) is 5.36. The Hall–Kier alpha value is -1.24. The van der Waals surface area contributed by atoms with Crippen molar-refractivity contribution >= 4 is 32.1 Å². The maximum atomic E-state index is 5.61. The van der Waals surface area contributed by atoms with E-state index in [2.05, 4.69) is 27.7 Å². The van der Waals surface area contributed by atoms with Crippen LogP contribution in [0.3, 0.4) is 0 Å². The second-order valence-electron chi connectivity index (χ2n) is 3.65. The maximum Gasteiger partial charge on any atom is 0.257 e. The summed E-state index contributed by atoms with van der Waals surface area (Å²) in [6, 6.07) is 4.21. The number of hydrogen-bond acceptors (Lipinski definition) is 6. The van der Waals surface area contributed by atoms with Crippen LogP contribution in [-0.2, 0) is 6.42 Å². The molecular formula is C11H11N3OS2. The lowest BCUT2D eigenvalue weighted by molar-refractivity contribution is 0.500. The van der Waals surface area contributed by atoms with Crippen LogP contribution in [0.2, 0.25) is 0 Å². The van der Waals surface area contributed by atoms with Crippen molar-refractivity contribution < 1.29 is 4.42 Å². The van der Waals surface area contributed by atoms with Crippen molar-refractivity contribution in [2.45, 2.75) is 12.8 Å². The van der Waals surface area contributed by atoms with Gasteiger partial charge in [0.1, 0.15) is 0 Å². The zero-order valence-corrected chi connectivity index (χ0v) is 10.7. The molecule has 0 atom stereocenters. The molecule has 17 heavy (non-hydrogen) atoms. The molecule has 0 saturated carbocycles. The van der Waals surface area contributed by atoms with E-state index < -0.39 is 0 Å². The van der Waals surface area contributed by atoms with E-state index in [1.54, 1.807) is 22.7 Å². The third kappa shape index (κ3) is 2.11. The molecule has 0 aliphatic carbocycles. The second-order valence-corrected chi connectivity index (χ2v) is 5.68. The zero-order valence-electron chi connectivity index (χ0n) is 9.05. The van der Waals surface area contributed by atoms with Gasteiger partial charge in [0, 0.05) is 15.8 Å². The van der Waals surface area contributed by atoms with Gasteiger partial charge in [-0.25, -0.2) is 0 Å². The van der Waals surface area contributed by atoms with E-state index in [-0.39, 0.29) is 0 Å².